The lowest BCUT2D eigenvalue weighted by molar-refractivity contribution is -0.113. The second kappa shape index (κ2) is 8.64. The van der Waals surface area contributed by atoms with Crippen molar-refractivity contribution in [2.45, 2.75) is 5.16 Å². The lowest BCUT2D eigenvalue weighted by atomic mass is 10.2. The van der Waals surface area contributed by atoms with E-state index in [4.69, 9.17) is 16.1 Å². The molecule has 11 heteroatoms. The number of carbonyl (C=O) groups is 1. The fourth-order valence-corrected chi connectivity index (χ4v) is 3.44. The van der Waals surface area contributed by atoms with Crippen LogP contribution in [0.15, 0.2) is 58.2 Å². The predicted octanol–water partition coefficient (Wildman–Crippen LogP) is 4.06. The minimum atomic E-state index is -0.549. The Labute approximate surface area is 179 Å². The van der Waals surface area contributed by atoms with Gasteiger partial charge in [0.15, 0.2) is 5.16 Å². The molecule has 0 bridgehead atoms. The third kappa shape index (κ3) is 4.34. The summed E-state index contributed by atoms with van der Waals surface area (Å²) in [6, 6.07) is 13.4. The number of thioether (sulfide) groups is 1. The summed E-state index contributed by atoms with van der Waals surface area (Å²) in [6.45, 7) is 0. The number of anilines is 1. The molecule has 0 fully saturated rings. The van der Waals surface area contributed by atoms with Crippen molar-refractivity contribution in [3.63, 3.8) is 0 Å². The molecule has 152 valence electrons. The topological polar surface area (TPSA) is 98.7 Å². The summed E-state index contributed by atoms with van der Waals surface area (Å²) in [4.78, 5) is 16.5. The highest BCUT2D eigenvalue weighted by Gasteiger charge is 2.19. The lowest BCUT2D eigenvalue weighted by Crippen LogP contribution is -2.14. The number of carbonyl (C=O) groups excluding carboxylic acids is 1. The van der Waals surface area contributed by atoms with Gasteiger partial charge in [-0.05, 0) is 18.2 Å². The zero-order valence-corrected chi connectivity index (χ0v) is 17.1. The first kappa shape index (κ1) is 20.0. The van der Waals surface area contributed by atoms with E-state index in [-0.39, 0.29) is 22.6 Å². The number of hydrogen-bond donors (Lipinski definition) is 1. The van der Waals surface area contributed by atoms with Crippen molar-refractivity contribution in [1.82, 2.24) is 24.9 Å². The molecular weight excluding hydrogens is 431 g/mol. The first-order valence-electron chi connectivity index (χ1n) is 8.68. The molecule has 2 aromatic heterocycles. The average Bonchev–Trinajstić information content (AvgIpc) is 3.37. The fraction of sp³-hybridized carbons (Fsp3) is 0.105. The van der Waals surface area contributed by atoms with E-state index >= 15 is 0 Å². The maximum Gasteiger partial charge on any atom is 0.296 e. The first-order chi connectivity index (χ1) is 14.5. The molecule has 0 aliphatic heterocycles. The summed E-state index contributed by atoms with van der Waals surface area (Å²) < 4.78 is 20.2. The van der Waals surface area contributed by atoms with Crippen LogP contribution in [-0.4, -0.2) is 36.6 Å². The second-order valence-corrected chi connectivity index (χ2v) is 7.47. The van der Waals surface area contributed by atoms with E-state index in [0.29, 0.717) is 22.5 Å². The Balaban J connectivity index is 1.42. The van der Waals surface area contributed by atoms with E-state index in [2.05, 4.69) is 25.7 Å². The van der Waals surface area contributed by atoms with Crippen LogP contribution in [0.5, 0.6) is 0 Å². The molecule has 0 atom stereocenters. The molecule has 2 aromatic carbocycles. The normalized spacial score (nSPS) is 10.9. The smallest absolute Gasteiger partial charge is 0.296 e. The van der Waals surface area contributed by atoms with Gasteiger partial charge < -0.3 is 14.4 Å². The van der Waals surface area contributed by atoms with Gasteiger partial charge in [0.1, 0.15) is 5.82 Å². The summed E-state index contributed by atoms with van der Waals surface area (Å²) in [5.74, 6) is 0.280. The number of rotatable bonds is 6. The predicted molar refractivity (Wildman–Crippen MR) is 110 cm³/mol. The van der Waals surface area contributed by atoms with E-state index in [9.17, 15) is 9.18 Å². The molecule has 1 amide bonds. The summed E-state index contributed by atoms with van der Waals surface area (Å²) in [5.41, 5.74) is 1.23. The van der Waals surface area contributed by atoms with Gasteiger partial charge in [-0.25, -0.2) is 4.39 Å². The second-order valence-electron chi connectivity index (χ2n) is 6.12. The quantitative estimate of drug-likeness (QED) is 0.448. The number of nitrogens with zero attached hydrogens (tertiary/aromatic N) is 5. The van der Waals surface area contributed by atoms with Crippen LogP contribution in [-0.2, 0) is 11.8 Å². The molecule has 0 aliphatic rings. The molecule has 0 spiro atoms. The Bertz CT molecular complexity index is 1200. The molecule has 0 unspecified atom stereocenters. The Morgan fingerprint density at radius 2 is 2.03 bits per heavy atom. The summed E-state index contributed by atoms with van der Waals surface area (Å²) in [7, 11) is 1.74. The molecule has 8 nitrogen and oxygen atoms in total. The Kier molecular flexibility index (Phi) is 5.77. The third-order valence-electron chi connectivity index (χ3n) is 4.02. The largest absolute Gasteiger partial charge is 0.330 e. The summed E-state index contributed by atoms with van der Waals surface area (Å²) in [5, 5.41) is 15.2. The molecule has 0 saturated carbocycles. The van der Waals surface area contributed by atoms with Crippen LogP contribution in [0.4, 0.5) is 10.1 Å². The number of amides is 1. The third-order valence-corrected chi connectivity index (χ3v) is 5.33. The fourth-order valence-electron chi connectivity index (χ4n) is 2.55. The van der Waals surface area contributed by atoms with Gasteiger partial charge in [0.05, 0.1) is 10.8 Å². The van der Waals surface area contributed by atoms with Crippen LogP contribution in [0.25, 0.3) is 23.1 Å². The molecule has 1 N–H and O–H groups in total. The van der Waals surface area contributed by atoms with Gasteiger partial charge in [0, 0.05) is 18.3 Å². The molecule has 4 rings (SSSR count). The van der Waals surface area contributed by atoms with Gasteiger partial charge in [-0.3, -0.25) is 4.79 Å². The maximum absolute atomic E-state index is 13.2. The van der Waals surface area contributed by atoms with Crippen molar-refractivity contribution in [2.75, 3.05) is 11.1 Å². The summed E-state index contributed by atoms with van der Waals surface area (Å²) >= 11 is 6.90. The highest BCUT2D eigenvalue weighted by Crippen LogP contribution is 2.24. The van der Waals surface area contributed by atoms with Gasteiger partial charge in [0.2, 0.25) is 17.6 Å². The van der Waals surface area contributed by atoms with E-state index in [0.717, 1.165) is 5.56 Å². The number of halogens is 2. The SMILES string of the molecule is Cn1c(SCC(=O)Nc2ccc(F)c(Cl)c2)nnc1-c1nc(-c2ccccc2)no1. The van der Waals surface area contributed by atoms with Crippen LogP contribution >= 0.6 is 23.4 Å². The number of hydrogen-bond acceptors (Lipinski definition) is 7. The lowest BCUT2D eigenvalue weighted by Gasteiger charge is -2.06. The molecule has 0 saturated heterocycles. The van der Waals surface area contributed by atoms with Crippen molar-refractivity contribution in [3.05, 3.63) is 59.4 Å². The standard InChI is InChI=1S/C19H14ClFN6O2S/c1-27-17(18-23-16(26-29-18)11-5-3-2-4-6-11)24-25-19(27)30-10-15(28)22-12-7-8-14(21)13(20)9-12/h2-9H,10H2,1H3,(H,22,28). The molecule has 4 aromatic rings. The van der Waals surface area contributed by atoms with E-state index in [1.807, 2.05) is 30.3 Å². The minimum Gasteiger partial charge on any atom is -0.330 e. The monoisotopic (exact) mass is 444 g/mol. The number of benzene rings is 2. The van der Waals surface area contributed by atoms with Crippen molar-refractivity contribution in [3.8, 4) is 23.1 Å². The van der Waals surface area contributed by atoms with Gasteiger partial charge in [-0.1, -0.05) is 58.9 Å². The van der Waals surface area contributed by atoms with Crippen molar-refractivity contribution in [1.29, 1.82) is 0 Å². The van der Waals surface area contributed by atoms with Crippen LogP contribution < -0.4 is 5.32 Å². The molecule has 30 heavy (non-hydrogen) atoms. The van der Waals surface area contributed by atoms with Crippen molar-refractivity contribution < 1.29 is 13.7 Å². The van der Waals surface area contributed by atoms with E-state index in [1.54, 1.807) is 11.6 Å². The molecular formula is C19H14ClFN6O2S. The van der Waals surface area contributed by atoms with Gasteiger partial charge in [-0.2, -0.15) is 4.98 Å². The van der Waals surface area contributed by atoms with Crippen LogP contribution in [0, 0.1) is 5.82 Å². The van der Waals surface area contributed by atoms with Crippen molar-refractivity contribution >= 4 is 35.0 Å². The van der Waals surface area contributed by atoms with E-state index in [1.165, 1.54) is 30.0 Å². The Morgan fingerprint density at radius 3 is 2.80 bits per heavy atom. The van der Waals surface area contributed by atoms with E-state index < -0.39 is 5.82 Å². The van der Waals surface area contributed by atoms with Gasteiger partial charge in [-0.15, -0.1) is 10.2 Å². The molecule has 2 heterocycles. The van der Waals surface area contributed by atoms with Gasteiger partial charge in [0.25, 0.3) is 5.89 Å². The zero-order chi connectivity index (χ0) is 21.1. The maximum atomic E-state index is 13.2. The average molecular weight is 445 g/mol. The summed E-state index contributed by atoms with van der Waals surface area (Å²) in [6.07, 6.45) is 0. The van der Waals surface area contributed by atoms with Gasteiger partial charge >= 0.3 is 0 Å². The van der Waals surface area contributed by atoms with Crippen LogP contribution in [0.3, 0.4) is 0 Å². The number of nitrogens with one attached hydrogen (secondary N) is 1. The Morgan fingerprint density at radius 1 is 1.23 bits per heavy atom. The Hall–Kier alpha value is -3.24. The van der Waals surface area contributed by atoms with Crippen LogP contribution in [0.2, 0.25) is 5.02 Å². The highest BCUT2D eigenvalue weighted by atomic mass is 35.5. The molecule has 0 aliphatic carbocycles. The van der Waals surface area contributed by atoms with Crippen LogP contribution in [0.1, 0.15) is 0 Å². The molecule has 0 radical (unpaired) electrons. The highest BCUT2D eigenvalue weighted by molar-refractivity contribution is 7.99. The number of aromatic nitrogens is 5. The minimum absolute atomic E-state index is 0.0622. The van der Waals surface area contributed by atoms with Crippen molar-refractivity contribution in [2.24, 2.45) is 7.05 Å². The zero-order valence-electron chi connectivity index (χ0n) is 15.5. The first-order valence-corrected chi connectivity index (χ1v) is 10.0.